The van der Waals surface area contributed by atoms with E-state index < -0.39 is 5.41 Å². The Balaban J connectivity index is 1.66. The number of amides is 1. The Labute approximate surface area is 207 Å². The van der Waals surface area contributed by atoms with Crippen LogP contribution in [0.25, 0.3) is 16.9 Å². The average Bonchev–Trinajstić information content (AvgIpc) is 2.90. The number of carbonyl (C=O) groups is 1. The van der Waals surface area contributed by atoms with Crippen LogP contribution in [0, 0.1) is 29.6 Å². The molecule has 0 atom stereocenters. The number of nitrogens with one attached hydrogen (secondary N) is 1. The molecule has 1 amide bonds. The highest BCUT2D eigenvalue weighted by Crippen LogP contribution is 2.27. The van der Waals surface area contributed by atoms with E-state index in [0.29, 0.717) is 33.8 Å². The van der Waals surface area contributed by atoms with Gasteiger partial charge in [-0.15, -0.1) is 0 Å². The van der Waals surface area contributed by atoms with E-state index in [0.717, 1.165) is 0 Å². The van der Waals surface area contributed by atoms with Crippen molar-refractivity contribution in [2.24, 2.45) is 0 Å². The number of pyridine rings is 4. The van der Waals surface area contributed by atoms with Crippen molar-refractivity contribution in [2.45, 2.75) is 26.2 Å². The number of aromatic nitrogens is 4. The molecular formula is C27H21N7O2. The Hall–Kier alpha value is -5.15. The fourth-order valence-corrected chi connectivity index (χ4v) is 3.55. The van der Waals surface area contributed by atoms with Gasteiger partial charge in [0.25, 0.3) is 11.5 Å². The van der Waals surface area contributed by atoms with Gasteiger partial charge in [0.1, 0.15) is 6.07 Å². The van der Waals surface area contributed by atoms with Crippen LogP contribution >= 0.6 is 0 Å². The van der Waals surface area contributed by atoms with E-state index in [2.05, 4.69) is 32.4 Å². The number of hydrogen-bond donors (Lipinski definition) is 1. The summed E-state index contributed by atoms with van der Waals surface area (Å²) in [7, 11) is 0. The third kappa shape index (κ3) is 4.72. The molecule has 0 saturated carbocycles. The minimum absolute atomic E-state index is 0.221. The Bertz CT molecular complexity index is 1620. The van der Waals surface area contributed by atoms with Gasteiger partial charge in [0.2, 0.25) is 0 Å². The summed E-state index contributed by atoms with van der Waals surface area (Å²) in [6.07, 6.45) is 6.15. The largest absolute Gasteiger partial charge is 0.321 e. The molecule has 0 spiro atoms. The summed E-state index contributed by atoms with van der Waals surface area (Å²) in [5.41, 5.74) is 2.34. The highest BCUT2D eigenvalue weighted by molar-refractivity contribution is 6.04. The van der Waals surface area contributed by atoms with E-state index in [1.54, 1.807) is 62.6 Å². The lowest BCUT2D eigenvalue weighted by atomic mass is 9.90. The second-order valence-electron chi connectivity index (χ2n) is 8.59. The zero-order valence-corrected chi connectivity index (χ0v) is 19.9. The van der Waals surface area contributed by atoms with Crippen molar-refractivity contribution in [3.8, 4) is 29.1 Å². The molecule has 36 heavy (non-hydrogen) atoms. The molecule has 0 aromatic carbocycles. The lowest BCUT2D eigenvalue weighted by molar-refractivity contribution is 0.102. The van der Waals surface area contributed by atoms with Crippen molar-refractivity contribution in [3.05, 3.63) is 100 Å². The molecule has 1 N–H and O–H groups in total. The van der Waals surface area contributed by atoms with Gasteiger partial charge in [0, 0.05) is 47.0 Å². The Morgan fingerprint density at radius 3 is 2.58 bits per heavy atom. The summed E-state index contributed by atoms with van der Waals surface area (Å²) in [4.78, 5) is 38.1. The quantitative estimate of drug-likeness (QED) is 0.462. The SMILES string of the molecule is Cc1ncc(NC(=O)c2ccnc(C(C)(C)C#N)c2)cc1-c1cnc(-n2ccccc2=O)c(C#N)c1. The first-order valence-electron chi connectivity index (χ1n) is 11.0. The van der Waals surface area contributed by atoms with Gasteiger partial charge in [-0.3, -0.25) is 24.1 Å². The van der Waals surface area contributed by atoms with Crippen LogP contribution in [0.2, 0.25) is 0 Å². The first kappa shape index (κ1) is 24.0. The fourth-order valence-electron chi connectivity index (χ4n) is 3.55. The van der Waals surface area contributed by atoms with E-state index in [9.17, 15) is 20.1 Å². The smallest absolute Gasteiger partial charge is 0.256 e. The summed E-state index contributed by atoms with van der Waals surface area (Å²) in [5.74, 6) is -0.144. The van der Waals surface area contributed by atoms with E-state index in [1.165, 1.54) is 23.0 Å². The molecule has 0 radical (unpaired) electrons. The number of rotatable bonds is 5. The van der Waals surface area contributed by atoms with Crippen LogP contribution in [0.1, 0.15) is 41.2 Å². The Morgan fingerprint density at radius 2 is 1.86 bits per heavy atom. The topological polar surface area (TPSA) is 137 Å². The molecule has 4 aromatic heterocycles. The molecule has 0 aliphatic carbocycles. The van der Waals surface area contributed by atoms with Crippen LogP contribution in [0.15, 0.2) is 72.0 Å². The number of nitriles is 2. The monoisotopic (exact) mass is 475 g/mol. The number of anilines is 1. The van der Waals surface area contributed by atoms with Gasteiger partial charge in [-0.05, 0) is 51.1 Å². The predicted molar refractivity (Wildman–Crippen MR) is 133 cm³/mol. The molecule has 0 saturated heterocycles. The normalized spacial score (nSPS) is 10.8. The summed E-state index contributed by atoms with van der Waals surface area (Å²) >= 11 is 0. The second-order valence-corrected chi connectivity index (χ2v) is 8.59. The van der Waals surface area contributed by atoms with Gasteiger partial charge in [-0.2, -0.15) is 10.5 Å². The standard InChI is InChI=1S/C27H21N7O2/c1-17-22(20-10-19(13-28)25(32-14-20)34-9-5-4-6-24(34)35)12-21(15-31-17)33-26(36)18-7-8-30-23(11-18)27(2,3)16-29/h4-12,14-15H,1-3H3,(H,33,36). The molecule has 0 aliphatic rings. The van der Waals surface area contributed by atoms with Crippen molar-refractivity contribution in [1.29, 1.82) is 10.5 Å². The minimum Gasteiger partial charge on any atom is -0.321 e. The van der Waals surface area contributed by atoms with Crippen LogP contribution in [0.3, 0.4) is 0 Å². The van der Waals surface area contributed by atoms with Crippen molar-refractivity contribution in [2.75, 3.05) is 5.32 Å². The maximum atomic E-state index is 12.9. The van der Waals surface area contributed by atoms with E-state index in [-0.39, 0.29) is 22.8 Å². The van der Waals surface area contributed by atoms with E-state index in [1.807, 2.05) is 6.92 Å². The van der Waals surface area contributed by atoms with Gasteiger partial charge >= 0.3 is 0 Å². The summed E-state index contributed by atoms with van der Waals surface area (Å²) < 4.78 is 1.31. The first-order chi connectivity index (χ1) is 17.2. The first-order valence-corrected chi connectivity index (χ1v) is 11.0. The summed E-state index contributed by atoms with van der Waals surface area (Å²) in [6, 6.07) is 15.5. The summed E-state index contributed by atoms with van der Waals surface area (Å²) in [6.45, 7) is 5.27. The van der Waals surface area contributed by atoms with Crippen molar-refractivity contribution >= 4 is 11.6 Å². The van der Waals surface area contributed by atoms with Crippen LogP contribution in [-0.2, 0) is 5.41 Å². The van der Waals surface area contributed by atoms with Gasteiger partial charge in [-0.25, -0.2) is 4.98 Å². The Kier molecular flexibility index (Phi) is 6.40. The molecule has 0 fully saturated rings. The molecule has 4 rings (SSSR count). The van der Waals surface area contributed by atoms with Crippen LogP contribution < -0.4 is 10.9 Å². The highest BCUT2D eigenvalue weighted by Gasteiger charge is 2.23. The zero-order chi connectivity index (χ0) is 25.9. The number of nitrogens with zero attached hydrogens (tertiary/aromatic N) is 6. The van der Waals surface area contributed by atoms with E-state index >= 15 is 0 Å². The molecule has 9 heteroatoms. The second kappa shape index (κ2) is 9.61. The lowest BCUT2D eigenvalue weighted by Gasteiger charge is -2.15. The number of aryl methyl sites for hydroxylation is 1. The van der Waals surface area contributed by atoms with E-state index in [4.69, 9.17) is 0 Å². The molecule has 4 heterocycles. The Morgan fingerprint density at radius 1 is 1.06 bits per heavy atom. The van der Waals surface area contributed by atoms with Gasteiger partial charge in [0.15, 0.2) is 5.82 Å². The molecular weight excluding hydrogens is 454 g/mol. The molecule has 176 valence electrons. The number of carbonyl (C=O) groups excluding carboxylic acids is 1. The van der Waals surface area contributed by atoms with Crippen molar-refractivity contribution in [1.82, 2.24) is 19.5 Å². The maximum absolute atomic E-state index is 12.9. The van der Waals surface area contributed by atoms with Crippen LogP contribution in [0.5, 0.6) is 0 Å². The molecule has 0 unspecified atom stereocenters. The third-order valence-corrected chi connectivity index (χ3v) is 5.64. The maximum Gasteiger partial charge on any atom is 0.256 e. The van der Waals surface area contributed by atoms with Gasteiger partial charge < -0.3 is 5.32 Å². The number of hydrogen-bond acceptors (Lipinski definition) is 7. The van der Waals surface area contributed by atoms with Gasteiger partial charge in [-0.1, -0.05) is 6.07 Å². The van der Waals surface area contributed by atoms with Gasteiger partial charge in [0.05, 0.1) is 34.6 Å². The van der Waals surface area contributed by atoms with Crippen LogP contribution in [0.4, 0.5) is 5.69 Å². The average molecular weight is 476 g/mol. The molecule has 0 bridgehead atoms. The fraction of sp³-hybridized carbons (Fsp3) is 0.148. The van der Waals surface area contributed by atoms with Crippen molar-refractivity contribution in [3.63, 3.8) is 0 Å². The molecule has 4 aromatic rings. The summed E-state index contributed by atoms with van der Waals surface area (Å²) in [5, 5.41) is 21.9. The third-order valence-electron chi connectivity index (χ3n) is 5.64. The zero-order valence-electron chi connectivity index (χ0n) is 19.9. The highest BCUT2D eigenvalue weighted by atomic mass is 16.1. The van der Waals surface area contributed by atoms with Crippen LogP contribution in [-0.4, -0.2) is 25.4 Å². The van der Waals surface area contributed by atoms with Crippen molar-refractivity contribution < 1.29 is 4.79 Å². The minimum atomic E-state index is -0.836. The molecule has 0 aliphatic heterocycles. The molecule has 9 nitrogen and oxygen atoms in total. The lowest BCUT2D eigenvalue weighted by Crippen LogP contribution is -2.19. The predicted octanol–water partition coefficient (Wildman–Crippen LogP) is 3.92.